The fraction of sp³-hybridized carbons (Fsp3) is 0.364. The van der Waals surface area contributed by atoms with Crippen LogP contribution < -0.4 is 0 Å². The lowest BCUT2D eigenvalue weighted by molar-refractivity contribution is 0.0636. The Morgan fingerprint density at radius 2 is 1.86 bits per heavy atom. The van der Waals surface area contributed by atoms with Crippen LogP contribution in [0.1, 0.15) is 27.9 Å². The SMILES string of the molecule is CCN1CCN(C(=O)c2nn(-c3ccccc3)c3c2CCc2sccc2-3)CC1. The van der Waals surface area contributed by atoms with Crippen LogP contribution in [0, 0.1) is 0 Å². The molecule has 3 aromatic rings. The zero-order chi connectivity index (χ0) is 19.1. The Morgan fingerprint density at radius 1 is 1.07 bits per heavy atom. The van der Waals surface area contributed by atoms with Crippen molar-refractivity contribution < 1.29 is 4.79 Å². The minimum Gasteiger partial charge on any atom is -0.335 e. The van der Waals surface area contributed by atoms with Crippen molar-refractivity contribution in [3.05, 3.63) is 57.9 Å². The van der Waals surface area contributed by atoms with E-state index in [2.05, 4.69) is 35.4 Å². The van der Waals surface area contributed by atoms with Crippen molar-refractivity contribution in [3.8, 4) is 16.9 Å². The third kappa shape index (κ3) is 2.88. The third-order valence-electron chi connectivity index (χ3n) is 5.90. The smallest absolute Gasteiger partial charge is 0.274 e. The highest BCUT2D eigenvalue weighted by atomic mass is 32.1. The van der Waals surface area contributed by atoms with Crippen LogP contribution in [-0.4, -0.2) is 58.2 Å². The number of hydrogen-bond acceptors (Lipinski definition) is 4. The Kier molecular flexibility index (Phi) is 4.53. The average molecular weight is 393 g/mol. The number of carbonyl (C=O) groups is 1. The molecule has 5 nitrogen and oxygen atoms in total. The minimum atomic E-state index is 0.0837. The summed E-state index contributed by atoms with van der Waals surface area (Å²) in [5.74, 6) is 0.0837. The Morgan fingerprint density at radius 3 is 2.61 bits per heavy atom. The first-order valence-corrected chi connectivity index (χ1v) is 10.9. The molecule has 1 fully saturated rings. The summed E-state index contributed by atoms with van der Waals surface area (Å²) in [4.78, 5) is 19.2. The molecule has 0 unspecified atom stereocenters. The van der Waals surface area contributed by atoms with Gasteiger partial charge in [0.25, 0.3) is 5.91 Å². The predicted octanol–water partition coefficient (Wildman–Crippen LogP) is 3.48. The minimum absolute atomic E-state index is 0.0837. The summed E-state index contributed by atoms with van der Waals surface area (Å²) in [6.07, 6.45) is 1.87. The van der Waals surface area contributed by atoms with Crippen LogP contribution in [0.4, 0.5) is 0 Å². The number of para-hydroxylation sites is 1. The van der Waals surface area contributed by atoms with Gasteiger partial charge in [-0.3, -0.25) is 4.79 Å². The Labute approximate surface area is 169 Å². The van der Waals surface area contributed by atoms with Crippen LogP contribution in [0.3, 0.4) is 0 Å². The van der Waals surface area contributed by atoms with Gasteiger partial charge in [-0.1, -0.05) is 25.1 Å². The monoisotopic (exact) mass is 392 g/mol. The van der Waals surface area contributed by atoms with E-state index in [4.69, 9.17) is 5.10 Å². The number of rotatable bonds is 3. The average Bonchev–Trinajstić information content (AvgIpc) is 3.38. The molecule has 0 bridgehead atoms. The van der Waals surface area contributed by atoms with Crippen molar-refractivity contribution in [1.82, 2.24) is 19.6 Å². The Hall–Kier alpha value is -2.44. The molecule has 1 aliphatic heterocycles. The highest BCUT2D eigenvalue weighted by Crippen LogP contribution is 2.39. The largest absolute Gasteiger partial charge is 0.335 e. The number of aryl methyl sites for hydroxylation is 1. The van der Waals surface area contributed by atoms with Crippen LogP contribution in [0.5, 0.6) is 0 Å². The predicted molar refractivity (Wildman–Crippen MR) is 112 cm³/mol. The molecule has 0 saturated carbocycles. The van der Waals surface area contributed by atoms with Crippen molar-refractivity contribution >= 4 is 17.2 Å². The second-order valence-electron chi connectivity index (χ2n) is 7.41. The molecule has 28 heavy (non-hydrogen) atoms. The van der Waals surface area contributed by atoms with Gasteiger partial charge in [0.2, 0.25) is 0 Å². The molecule has 144 valence electrons. The normalized spacial score (nSPS) is 16.7. The molecule has 0 N–H and O–H groups in total. The van der Waals surface area contributed by atoms with Crippen LogP contribution in [0.25, 0.3) is 16.9 Å². The van der Waals surface area contributed by atoms with Gasteiger partial charge < -0.3 is 9.80 Å². The summed E-state index contributed by atoms with van der Waals surface area (Å²) in [6.45, 7) is 6.67. The van der Waals surface area contributed by atoms with E-state index in [1.54, 1.807) is 11.3 Å². The van der Waals surface area contributed by atoms with Gasteiger partial charge >= 0.3 is 0 Å². The van der Waals surface area contributed by atoms with E-state index in [1.165, 1.54) is 10.4 Å². The van der Waals surface area contributed by atoms with Gasteiger partial charge in [0.15, 0.2) is 5.69 Å². The van der Waals surface area contributed by atoms with E-state index in [1.807, 2.05) is 27.8 Å². The molecule has 2 aromatic heterocycles. The first kappa shape index (κ1) is 17.6. The number of hydrogen-bond donors (Lipinski definition) is 0. The van der Waals surface area contributed by atoms with Crippen molar-refractivity contribution in [1.29, 1.82) is 0 Å². The van der Waals surface area contributed by atoms with Gasteiger partial charge in [-0.15, -0.1) is 11.3 Å². The summed E-state index contributed by atoms with van der Waals surface area (Å²) in [7, 11) is 0. The van der Waals surface area contributed by atoms with Crippen LogP contribution in [0.2, 0.25) is 0 Å². The van der Waals surface area contributed by atoms with Gasteiger partial charge in [-0.25, -0.2) is 4.68 Å². The lowest BCUT2D eigenvalue weighted by atomic mass is 9.94. The van der Waals surface area contributed by atoms with Crippen molar-refractivity contribution in [2.45, 2.75) is 19.8 Å². The van der Waals surface area contributed by atoms with E-state index in [-0.39, 0.29) is 5.91 Å². The third-order valence-corrected chi connectivity index (χ3v) is 6.88. The van der Waals surface area contributed by atoms with Crippen molar-refractivity contribution in [2.75, 3.05) is 32.7 Å². The maximum atomic E-state index is 13.4. The molecule has 3 heterocycles. The number of aromatic nitrogens is 2. The molecule has 1 amide bonds. The highest BCUT2D eigenvalue weighted by Gasteiger charge is 2.32. The Bertz CT molecular complexity index is 999. The number of amides is 1. The molecule has 0 spiro atoms. The second-order valence-corrected chi connectivity index (χ2v) is 8.41. The second kappa shape index (κ2) is 7.18. The van der Waals surface area contributed by atoms with Crippen LogP contribution in [-0.2, 0) is 12.8 Å². The van der Waals surface area contributed by atoms with Crippen molar-refractivity contribution in [3.63, 3.8) is 0 Å². The lowest BCUT2D eigenvalue weighted by Crippen LogP contribution is -2.48. The van der Waals surface area contributed by atoms with Gasteiger partial charge in [0, 0.05) is 42.2 Å². The zero-order valence-corrected chi connectivity index (χ0v) is 16.9. The maximum absolute atomic E-state index is 13.4. The molecular formula is C22H24N4OS. The van der Waals surface area contributed by atoms with Gasteiger partial charge in [-0.05, 0) is 43.0 Å². The number of nitrogens with zero attached hydrogens (tertiary/aromatic N) is 4. The lowest BCUT2D eigenvalue weighted by Gasteiger charge is -2.33. The number of likely N-dealkylation sites (N-methyl/N-ethyl adjacent to an activating group) is 1. The summed E-state index contributed by atoms with van der Waals surface area (Å²) in [5, 5.41) is 7.02. The van der Waals surface area contributed by atoms with Gasteiger partial charge in [-0.2, -0.15) is 5.10 Å². The summed E-state index contributed by atoms with van der Waals surface area (Å²) in [5.41, 5.74) is 5.09. The molecule has 1 saturated heterocycles. The molecule has 5 rings (SSSR count). The van der Waals surface area contributed by atoms with Gasteiger partial charge in [0.1, 0.15) is 0 Å². The van der Waals surface area contributed by atoms with E-state index in [0.717, 1.165) is 62.5 Å². The van der Waals surface area contributed by atoms with E-state index >= 15 is 0 Å². The summed E-state index contributed by atoms with van der Waals surface area (Å²) in [6, 6.07) is 12.3. The number of benzene rings is 1. The number of thiophene rings is 1. The number of piperazine rings is 1. The van der Waals surface area contributed by atoms with E-state index < -0.39 is 0 Å². The standard InChI is InChI=1S/C22H24N4OS/c1-2-24-11-13-25(14-12-24)22(27)20-18-8-9-19-17(10-15-28-19)21(18)26(23-20)16-6-4-3-5-7-16/h3-7,10,15H,2,8-9,11-14H2,1H3. The molecule has 6 heteroatoms. The molecule has 1 aromatic carbocycles. The topological polar surface area (TPSA) is 41.4 Å². The molecule has 0 radical (unpaired) electrons. The fourth-order valence-electron chi connectivity index (χ4n) is 4.29. The first-order chi connectivity index (χ1) is 13.8. The summed E-state index contributed by atoms with van der Waals surface area (Å²) < 4.78 is 1.98. The molecule has 2 aliphatic rings. The molecule has 1 aliphatic carbocycles. The zero-order valence-electron chi connectivity index (χ0n) is 16.1. The number of carbonyl (C=O) groups excluding carboxylic acids is 1. The van der Waals surface area contributed by atoms with E-state index in [0.29, 0.717) is 5.69 Å². The van der Waals surface area contributed by atoms with Crippen molar-refractivity contribution in [2.24, 2.45) is 0 Å². The molecule has 0 atom stereocenters. The van der Waals surface area contributed by atoms with E-state index in [9.17, 15) is 4.79 Å². The van der Waals surface area contributed by atoms with Gasteiger partial charge in [0.05, 0.1) is 11.4 Å². The van der Waals surface area contributed by atoms with Crippen LogP contribution >= 0.6 is 11.3 Å². The fourth-order valence-corrected chi connectivity index (χ4v) is 5.17. The first-order valence-electron chi connectivity index (χ1n) is 10.0. The van der Waals surface area contributed by atoms with Crippen LogP contribution in [0.15, 0.2) is 41.8 Å². The summed E-state index contributed by atoms with van der Waals surface area (Å²) >= 11 is 1.80. The Balaban J connectivity index is 1.58. The number of fused-ring (bicyclic) bond motifs is 3. The highest BCUT2D eigenvalue weighted by molar-refractivity contribution is 7.10. The molecular weight excluding hydrogens is 368 g/mol. The maximum Gasteiger partial charge on any atom is 0.274 e. The quantitative estimate of drug-likeness (QED) is 0.685.